The highest BCUT2D eigenvalue weighted by molar-refractivity contribution is 4.82. The average molecular weight is 246 g/mol. The summed E-state index contributed by atoms with van der Waals surface area (Å²) in [4.78, 5) is 2.41. The summed E-state index contributed by atoms with van der Waals surface area (Å²) in [7, 11) is 3.46. The van der Waals surface area contributed by atoms with E-state index in [1.54, 1.807) is 14.2 Å². The number of hydrogen-bond donors (Lipinski definition) is 1. The second-order valence-electron chi connectivity index (χ2n) is 4.41. The zero-order valence-electron chi connectivity index (χ0n) is 11.1. The van der Waals surface area contributed by atoms with Crippen LogP contribution >= 0.6 is 0 Å². The topological polar surface area (TPSA) is 57.0 Å². The van der Waals surface area contributed by atoms with Crippen molar-refractivity contribution in [3.8, 4) is 0 Å². The Labute approximate surface area is 104 Å². The number of methoxy groups -OCH3 is 2. The van der Waals surface area contributed by atoms with E-state index >= 15 is 0 Å². The third-order valence-corrected chi connectivity index (χ3v) is 3.35. The first-order valence-corrected chi connectivity index (χ1v) is 6.35. The van der Waals surface area contributed by atoms with Gasteiger partial charge in [-0.2, -0.15) is 0 Å². The zero-order valence-corrected chi connectivity index (χ0v) is 11.1. The molecule has 2 N–H and O–H groups in total. The van der Waals surface area contributed by atoms with Gasteiger partial charge in [0.05, 0.1) is 25.9 Å². The summed E-state index contributed by atoms with van der Waals surface area (Å²) < 4.78 is 15.8. The molecule has 1 aliphatic rings. The first-order valence-electron chi connectivity index (χ1n) is 6.35. The molecular formula is C12H26N2O3. The van der Waals surface area contributed by atoms with Gasteiger partial charge in [0.15, 0.2) is 0 Å². The van der Waals surface area contributed by atoms with Crippen LogP contribution < -0.4 is 5.73 Å². The number of rotatable bonds is 8. The zero-order chi connectivity index (χ0) is 12.5. The fraction of sp³-hybridized carbons (Fsp3) is 1.00. The number of likely N-dealkylation sites (tertiary alicyclic amines) is 1. The molecule has 1 rings (SSSR count). The van der Waals surface area contributed by atoms with Gasteiger partial charge in [-0.3, -0.25) is 4.90 Å². The van der Waals surface area contributed by atoms with Gasteiger partial charge in [0, 0.05) is 39.9 Å². The quantitative estimate of drug-likeness (QED) is 0.615. The maximum Gasteiger partial charge on any atom is 0.0700 e. The van der Waals surface area contributed by atoms with Crippen molar-refractivity contribution in [1.29, 1.82) is 0 Å². The third-order valence-electron chi connectivity index (χ3n) is 3.35. The minimum atomic E-state index is 0.370. The lowest BCUT2D eigenvalue weighted by Gasteiger charge is -2.38. The molecule has 5 heteroatoms. The second kappa shape index (κ2) is 8.83. The highest BCUT2D eigenvalue weighted by Gasteiger charge is 2.26. The lowest BCUT2D eigenvalue weighted by molar-refractivity contribution is -0.00324. The lowest BCUT2D eigenvalue weighted by atomic mass is 9.99. The van der Waals surface area contributed by atoms with E-state index in [1.165, 1.54) is 0 Å². The van der Waals surface area contributed by atoms with Crippen LogP contribution in [0.5, 0.6) is 0 Å². The Kier molecular flexibility index (Phi) is 7.72. The van der Waals surface area contributed by atoms with Gasteiger partial charge in [-0.25, -0.2) is 0 Å². The van der Waals surface area contributed by atoms with Crippen LogP contribution in [0.3, 0.4) is 0 Å². The summed E-state index contributed by atoms with van der Waals surface area (Å²) in [6, 6.07) is 0.430. The molecule has 0 aliphatic carbocycles. The van der Waals surface area contributed by atoms with Crippen LogP contribution in [0.25, 0.3) is 0 Å². The Balaban J connectivity index is 2.18. The van der Waals surface area contributed by atoms with Crippen LogP contribution in [-0.4, -0.2) is 70.7 Å². The van der Waals surface area contributed by atoms with Crippen LogP contribution in [-0.2, 0) is 14.2 Å². The van der Waals surface area contributed by atoms with Crippen LogP contribution in [0.2, 0.25) is 0 Å². The van der Waals surface area contributed by atoms with Gasteiger partial charge in [0.25, 0.3) is 0 Å². The largest absolute Gasteiger partial charge is 0.382 e. The Morgan fingerprint density at radius 3 is 2.71 bits per heavy atom. The molecule has 2 atom stereocenters. The molecule has 0 saturated carbocycles. The normalized spacial score (nSPS) is 26.3. The molecule has 0 spiro atoms. The summed E-state index contributed by atoms with van der Waals surface area (Å²) in [6.07, 6.45) is 2.49. The average Bonchev–Trinajstić information content (AvgIpc) is 2.38. The van der Waals surface area contributed by atoms with Gasteiger partial charge in [-0.05, 0) is 12.8 Å². The second-order valence-corrected chi connectivity index (χ2v) is 4.41. The predicted octanol–water partition coefficient (Wildman–Crippen LogP) is 0.0875. The molecule has 0 aromatic carbocycles. The summed E-state index contributed by atoms with van der Waals surface area (Å²) >= 11 is 0. The van der Waals surface area contributed by atoms with Crippen molar-refractivity contribution in [2.75, 3.05) is 53.7 Å². The molecule has 1 heterocycles. The van der Waals surface area contributed by atoms with Crippen molar-refractivity contribution in [2.24, 2.45) is 5.73 Å². The van der Waals surface area contributed by atoms with Crippen molar-refractivity contribution < 1.29 is 14.2 Å². The van der Waals surface area contributed by atoms with Crippen molar-refractivity contribution in [3.63, 3.8) is 0 Å². The molecule has 1 fully saturated rings. The van der Waals surface area contributed by atoms with Crippen LogP contribution in [0.4, 0.5) is 0 Å². The molecular weight excluding hydrogens is 220 g/mol. The number of nitrogens with two attached hydrogens (primary N) is 1. The maximum atomic E-state index is 5.80. The van der Waals surface area contributed by atoms with E-state index in [9.17, 15) is 0 Å². The van der Waals surface area contributed by atoms with E-state index in [0.717, 1.165) is 32.5 Å². The first kappa shape index (κ1) is 14.9. The molecule has 0 aromatic heterocycles. The summed E-state index contributed by atoms with van der Waals surface area (Å²) in [5.41, 5.74) is 5.80. The van der Waals surface area contributed by atoms with Gasteiger partial charge in [-0.1, -0.05) is 0 Å². The molecule has 0 bridgehead atoms. The molecule has 0 radical (unpaired) electrons. The maximum absolute atomic E-state index is 5.80. The molecule has 1 aliphatic heterocycles. The van der Waals surface area contributed by atoms with Crippen molar-refractivity contribution in [1.82, 2.24) is 4.90 Å². The first-order chi connectivity index (χ1) is 8.31. The molecule has 102 valence electrons. The van der Waals surface area contributed by atoms with E-state index < -0.39 is 0 Å². The third kappa shape index (κ3) is 5.31. The Morgan fingerprint density at radius 1 is 1.24 bits per heavy atom. The standard InChI is InChI=1S/C12H26N2O3/c1-15-7-8-17-6-5-14-4-3-12(16-2)9-11(14)10-13/h11-12H,3-10,13H2,1-2H3. The monoisotopic (exact) mass is 246 g/mol. The highest BCUT2D eigenvalue weighted by atomic mass is 16.5. The fourth-order valence-electron chi connectivity index (χ4n) is 2.24. The minimum Gasteiger partial charge on any atom is -0.382 e. The van der Waals surface area contributed by atoms with Crippen LogP contribution in [0.1, 0.15) is 12.8 Å². The van der Waals surface area contributed by atoms with Gasteiger partial charge >= 0.3 is 0 Å². The van der Waals surface area contributed by atoms with Crippen LogP contribution in [0.15, 0.2) is 0 Å². The SMILES string of the molecule is COCCOCCN1CCC(OC)CC1CN. The summed E-state index contributed by atoms with van der Waals surface area (Å²) in [5, 5.41) is 0. The predicted molar refractivity (Wildman–Crippen MR) is 67.1 cm³/mol. The Hall–Kier alpha value is -0.200. The van der Waals surface area contributed by atoms with E-state index in [4.69, 9.17) is 19.9 Å². The number of ether oxygens (including phenoxy) is 3. The molecule has 1 saturated heterocycles. The molecule has 17 heavy (non-hydrogen) atoms. The molecule has 2 unspecified atom stereocenters. The Morgan fingerprint density at radius 2 is 2.06 bits per heavy atom. The number of nitrogens with zero attached hydrogens (tertiary/aromatic N) is 1. The summed E-state index contributed by atoms with van der Waals surface area (Å²) in [6.45, 7) is 4.76. The van der Waals surface area contributed by atoms with Crippen molar-refractivity contribution in [2.45, 2.75) is 25.0 Å². The highest BCUT2D eigenvalue weighted by Crippen LogP contribution is 2.18. The lowest BCUT2D eigenvalue weighted by Crippen LogP contribution is -2.49. The van der Waals surface area contributed by atoms with E-state index in [1.807, 2.05) is 0 Å². The van der Waals surface area contributed by atoms with E-state index in [0.29, 0.717) is 31.9 Å². The van der Waals surface area contributed by atoms with E-state index in [2.05, 4.69) is 4.90 Å². The van der Waals surface area contributed by atoms with Crippen LogP contribution in [0, 0.1) is 0 Å². The van der Waals surface area contributed by atoms with Gasteiger partial charge < -0.3 is 19.9 Å². The fourth-order valence-corrected chi connectivity index (χ4v) is 2.24. The molecule has 5 nitrogen and oxygen atoms in total. The van der Waals surface area contributed by atoms with E-state index in [-0.39, 0.29) is 0 Å². The number of piperidine rings is 1. The van der Waals surface area contributed by atoms with Gasteiger partial charge in [0.1, 0.15) is 0 Å². The Bertz CT molecular complexity index is 193. The van der Waals surface area contributed by atoms with Gasteiger partial charge in [-0.15, -0.1) is 0 Å². The van der Waals surface area contributed by atoms with Crippen molar-refractivity contribution in [3.05, 3.63) is 0 Å². The molecule has 0 amide bonds. The summed E-state index contributed by atoms with van der Waals surface area (Å²) in [5.74, 6) is 0. The van der Waals surface area contributed by atoms with Crippen molar-refractivity contribution >= 4 is 0 Å². The minimum absolute atomic E-state index is 0.370. The van der Waals surface area contributed by atoms with Gasteiger partial charge in [0.2, 0.25) is 0 Å². The molecule has 0 aromatic rings. The smallest absolute Gasteiger partial charge is 0.0700 e. The number of hydrogen-bond acceptors (Lipinski definition) is 5.